The molecule has 2 aromatic heterocycles. The summed E-state index contributed by atoms with van der Waals surface area (Å²) in [5.74, 6) is -0.320. The Hall–Kier alpha value is -3.46. The smallest absolute Gasteiger partial charge is 0.332 e. The predicted octanol–water partition coefficient (Wildman–Crippen LogP) is 2.39. The molecule has 9 nitrogen and oxygen atoms in total. The van der Waals surface area contributed by atoms with Crippen LogP contribution in [0.4, 0.5) is 0 Å². The molecule has 0 amide bonds. The van der Waals surface area contributed by atoms with Gasteiger partial charge in [-0.05, 0) is 33.1 Å². The van der Waals surface area contributed by atoms with E-state index in [0.29, 0.717) is 12.1 Å². The highest BCUT2D eigenvalue weighted by Gasteiger charge is 2.28. The van der Waals surface area contributed by atoms with Gasteiger partial charge in [0.1, 0.15) is 6.10 Å². The van der Waals surface area contributed by atoms with Gasteiger partial charge in [-0.25, -0.2) is 4.79 Å². The number of ether oxygens (including phenoxy) is 1. The first-order valence-corrected chi connectivity index (χ1v) is 11.6. The number of Topliss-reactive ketones (excluding diaryl/α,β-unsaturated/α-hetero) is 1. The van der Waals surface area contributed by atoms with Crippen LogP contribution in [0.1, 0.15) is 49.9 Å². The zero-order valence-electron chi connectivity index (χ0n) is 19.9. The molecule has 2 heterocycles. The lowest BCUT2D eigenvalue weighted by atomic mass is 9.93. The summed E-state index contributed by atoms with van der Waals surface area (Å²) in [4.78, 5) is 43.9. The number of carbonyl (C=O) groups is 1. The van der Waals surface area contributed by atoms with Gasteiger partial charge >= 0.3 is 5.69 Å². The molecule has 1 aromatic carbocycles. The maximum absolute atomic E-state index is 13.5. The molecule has 1 aliphatic rings. The lowest BCUT2D eigenvalue weighted by molar-refractivity contribution is 0.0969. The van der Waals surface area contributed by atoms with Gasteiger partial charge in [0, 0.05) is 25.2 Å². The summed E-state index contributed by atoms with van der Waals surface area (Å²) in [7, 11) is 1.54. The summed E-state index contributed by atoms with van der Waals surface area (Å²) in [5, 5.41) is 0. The fraction of sp³-hybridized carbons (Fsp3) is 0.440. The number of allylic oxidation sites excluding steroid dienone is 2. The highest BCUT2D eigenvalue weighted by Crippen LogP contribution is 2.25. The van der Waals surface area contributed by atoms with E-state index in [1.807, 2.05) is 19.9 Å². The molecule has 0 radical (unpaired) electrons. The van der Waals surface area contributed by atoms with Crippen molar-refractivity contribution in [1.29, 1.82) is 0 Å². The van der Waals surface area contributed by atoms with Crippen LogP contribution in [0, 0.1) is 0 Å². The molecular formula is C25H31N5O4. The highest BCUT2D eigenvalue weighted by molar-refractivity contribution is 5.95. The first kappa shape index (κ1) is 23.7. The Morgan fingerprint density at radius 1 is 1.15 bits per heavy atom. The minimum atomic E-state index is -0.602. The quantitative estimate of drug-likeness (QED) is 0.423. The van der Waals surface area contributed by atoms with Crippen LogP contribution in [0.2, 0.25) is 0 Å². The van der Waals surface area contributed by atoms with Crippen LogP contribution in [0.5, 0.6) is 6.01 Å². The molecule has 34 heavy (non-hydrogen) atoms. The van der Waals surface area contributed by atoms with E-state index in [9.17, 15) is 14.4 Å². The van der Waals surface area contributed by atoms with Crippen molar-refractivity contribution < 1.29 is 9.53 Å². The molecule has 2 N–H and O–H groups in total. The summed E-state index contributed by atoms with van der Waals surface area (Å²) < 4.78 is 10.2. The summed E-state index contributed by atoms with van der Waals surface area (Å²) >= 11 is 0. The Labute approximate surface area is 197 Å². The molecule has 2 atom stereocenters. The summed E-state index contributed by atoms with van der Waals surface area (Å²) in [6, 6.07) is 8.75. The molecule has 180 valence electrons. The SMILES string of the molecule is CC(C)=CCn1c(O[C@H]2CCCC[C@@H]2N)nc2c1c(=O)n(CC(=O)c1ccccc1)c(=O)n2C. The number of nitrogens with zero attached hydrogens (tertiary/aromatic N) is 4. The lowest BCUT2D eigenvalue weighted by Gasteiger charge is -2.28. The zero-order chi connectivity index (χ0) is 24.4. The third-order valence-electron chi connectivity index (χ3n) is 6.29. The van der Waals surface area contributed by atoms with Crippen LogP contribution >= 0.6 is 0 Å². The lowest BCUT2D eigenvalue weighted by Crippen LogP contribution is -2.42. The third-order valence-corrected chi connectivity index (χ3v) is 6.29. The number of benzene rings is 1. The molecule has 3 aromatic rings. The van der Waals surface area contributed by atoms with Crippen molar-refractivity contribution in [1.82, 2.24) is 18.7 Å². The summed E-state index contributed by atoms with van der Waals surface area (Å²) in [6.45, 7) is 3.91. The van der Waals surface area contributed by atoms with Gasteiger partial charge in [-0.15, -0.1) is 0 Å². The first-order chi connectivity index (χ1) is 16.3. The van der Waals surface area contributed by atoms with Gasteiger partial charge in [-0.2, -0.15) is 4.98 Å². The van der Waals surface area contributed by atoms with Crippen LogP contribution < -0.4 is 21.7 Å². The largest absolute Gasteiger partial charge is 0.460 e. The summed E-state index contributed by atoms with van der Waals surface area (Å²) in [5.41, 5.74) is 7.05. The fourth-order valence-corrected chi connectivity index (χ4v) is 4.29. The van der Waals surface area contributed by atoms with Crippen molar-refractivity contribution in [2.45, 2.75) is 64.8 Å². The van der Waals surface area contributed by atoms with Gasteiger partial charge in [0.15, 0.2) is 16.9 Å². The number of aryl methyl sites for hydroxylation is 1. The minimum absolute atomic E-state index is 0.116. The van der Waals surface area contributed by atoms with Crippen molar-refractivity contribution in [3.63, 3.8) is 0 Å². The molecule has 0 unspecified atom stereocenters. The van der Waals surface area contributed by atoms with E-state index < -0.39 is 11.2 Å². The molecule has 1 aliphatic carbocycles. The second-order valence-corrected chi connectivity index (χ2v) is 9.09. The van der Waals surface area contributed by atoms with E-state index in [4.69, 9.17) is 10.5 Å². The maximum atomic E-state index is 13.5. The van der Waals surface area contributed by atoms with Crippen molar-refractivity contribution in [3.05, 3.63) is 68.4 Å². The average Bonchev–Trinajstić information content (AvgIpc) is 3.19. The number of hydrogen-bond donors (Lipinski definition) is 1. The first-order valence-electron chi connectivity index (χ1n) is 11.6. The van der Waals surface area contributed by atoms with Gasteiger partial charge in [0.05, 0.1) is 6.54 Å². The standard InChI is InChI=1S/C25H31N5O4/c1-16(2)13-14-29-21-22(27-24(29)34-20-12-8-7-11-18(20)26)28(3)25(33)30(23(21)32)15-19(31)17-9-5-4-6-10-17/h4-6,9-10,13,18,20H,7-8,11-12,14-15,26H2,1-3H3/t18-,20-/m0/s1. The molecule has 0 bridgehead atoms. The Kier molecular flexibility index (Phi) is 6.83. The van der Waals surface area contributed by atoms with Crippen molar-refractivity contribution in [2.24, 2.45) is 12.8 Å². The molecule has 0 saturated heterocycles. The van der Waals surface area contributed by atoms with Gasteiger partial charge in [0.2, 0.25) is 0 Å². The van der Waals surface area contributed by atoms with Crippen LogP contribution in [0.25, 0.3) is 11.2 Å². The number of rotatable bonds is 7. The maximum Gasteiger partial charge on any atom is 0.332 e. The second kappa shape index (κ2) is 9.80. The zero-order valence-corrected chi connectivity index (χ0v) is 19.9. The Morgan fingerprint density at radius 3 is 2.53 bits per heavy atom. The van der Waals surface area contributed by atoms with Crippen molar-refractivity contribution in [3.8, 4) is 6.01 Å². The monoisotopic (exact) mass is 465 g/mol. The molecule has 1 fully saturated rings. The van der Waals surface area contributed by atoms with Crippen molar-refractivity contribution >= 4 is 16.9 Å². The van der Waals surface area contributed by atoms with Gasteiger partial charge < -0.3 is 10.5 Å². The normalized spacial score (nSPS) is 18.1. The van der Waals surface area contributed by atoms with Crippen LogP contribution in [-0.4, -0.2) is 36.6 Å². The number of aromatic nitrogens is 4. The molecule has 4 rings (SSSR count). The molecule has 0 aliphatic heterocycles. The minimum Gasteiger partial charge on any atom is -0.460 e. The molecule has 9 heteroatoms. The van der Waals surface area contributed by atoms with E-state index >= 15 is 0 Å². The predicted molar refractivity (Wildman–Crippen MR) is 130 cm³/mol. The van der Waals surface area contributed by atoms with Gasteiger partial charge in [-0.3, -0.25) is 23.3 Å². The van der Waals surface area contributed by atoms with Crippen LogP contribution in [0.3, 0.4) is 0 Å². The van der Waals surface area contributed by atoms with E-state index in [0.717, 1.165) is 35.8 Å². The van der Waals surface area contributed by atoms with Gasteiger partial charge in [-0.1, -0.05) is 48.4 Å². The van der Waals surface area contributed by atoms with Crippen LogP contribution in [-0.2, 0) is 20.1 Å². The topological polar surface area (TPSA) is 114 Å². The molecular weight excluding hydrogens is 434 g/mol. The van der Waals surface area contributed by atoms with E-state index in [1.165, 1.54) is 4.57 Å². The third kappa shape index (κ3) is 4.61. The Bertz CT molecular complexity index is 1350. The molecule has 1 saturated carbocycles. The molecule has 0 spiro atoms. The number of fused-ring (bicyclic) bond motifs is 1. The highest BCUT2D eigenvalue weighted by atomic mass is 16.5. The number of hydrogen-bond acceptors (Lipinski definition) is 6. The van der Waals surface area contributed by atoms with Crippen LogP contribution in [0.15, 0.2) is 51.6 Å². The second-order valence-electron chi connectivity index (χ2n) is 9.09. The van der Waals surface area contributed by atoms with E-state index in [2.05, 4.69) is 4.98 Å². The van der Waals surface area contributed by atoms with Gasteiger partial charge in [0.25, 0.3) is 11.6 Å². The number of ketones is 1. The average molecular weight is 466 g/mol. The Morgan fingerprint density at radius 2 is 1.85 bits per heavy atom. The number of carbonyl (C=O) groups excluding carboxylic acids is 1. The Balaban J connectivity index is 1.84. The van der Waals surface area contributed by atoms with E-state index in [1.54, 1.807) is 41.9 Å². The number of imidazole rings is 1. The van der Waals surface area contributed by atoms with Crippen molar-refractivity contribution in [2.75, 3.05) is 0 Å². The van der Waals surface area contributed by atoms with E-state index in [-0.39, 0.29) is 41.6 Å². The fourth-order valence-electron chi connectivity index (χ4n) is 4.29. The summed E-state index contributed by atoms with van der Waals surface area (Å²) in [6.07, 6.45) is 5.49. The number of nitrogens with two attached hydrogens (primary N) is 1.